The first-order valence-electron chi connectivity index (χ1n) is 8.27. The fourth-order valence-electron chi connectivity index (χ4n) is 3.14. The molecule has 122 valence electrons. The van der Waals surface area contributed by atoms with E-state index in [0.717, 1.165) is 18.4 Å². The number of nitrogens with zero attached hydrogens (tertiary/aromatic N) is 1. The molecule has 22 heavy (non-hydrogen) atoms. The Bertz CT molecular complexity index is 450. The number of carbonyl (C=O) groups is 1. The van der Waals surface area contributed by atoms with E-state index in [-0.39, 0.29) is 11.9 Å². The molecule has 1 saturated carbocycles. The lowest BCUT2D eigenvalue weighted by Crippen LogP contribution is -2.39. The van der Waals surface area contributed by atoms with Crippen LogP contribution in [0.1, 0.15) is 37.7 Å². The van der Waals surface area contributed by atoms with Crippen LogP contribution in [0, 0.1) is 5.92 Å². The van der Waals surface area contributed by atoms with Crippen LogP contribution >= 0.6 is 0 Å². The van der Waals surface area contributed by atoms with Crippen LogP contribution in [0.15, 0.2) is 30.3 Å². The number of methoxy groups -OCH3 is 1. The average molecular weight is 304 g/mol. The largest absolute Gasteiger partial charge is 0.383 e. The van der Waals surface area contributed by atoms with Crippen molar-refractivity contribution < 1.29 is 9.53 Å². The molecule has 2 rings (SSSR count). The van der Waals surface area contributed by atoms with Gasteiger partial charge in [-0.3, -0.25) is 4.79 Å². The van der Waals surface area contributed by atoms with Crippen LogP contribution in [0.4, 0.5) is 0 Å². The van der Waals surface area contributed by atoms with Crippen LogP contribution in [-0.2, 0) is 16.1 Å². The summed E-state index contributed by atoms with van der Waals surface area (Å²) < 4.78 is 5.15. The Balaban J connectivity index is 1.96. The molecular weight excluding hydrogens is 276 g/mol. The maximum Gasteiger partial charge on any atom is 0.223 e. The van der Waals surface area contributed by atoms with E-state index < -0.39 is 0 Å². The summed E-state index contributed by atoms with van der Waals surface area (Å²) >= 11 is 0. The van der Waals surface area contributed by atoms with E-state index >= 15 is 0 Å². The number of ether oxygens (including phenoxy) is 1. The van der Waals surface area contributed by atoms with Gasteiger partial charge >= 0.3 is 0 Å². The third kappa shape index (κ3) is 5.11. The lowest BCUT2D eigenvalue weighted by molar-refractivity contribution is -0.133. The second-order valence-electron chi connectivity index (χ2n) is 6.21. The van der Waals surface area contributed by atoms with Gasteiger partial charge in [-0.2, -0.15) is 0 Å². The molecular formula is C18H28N2O2. The van der Waals surface area contributed by atoms with Crippen LogP contribution in [-0.4, -0.2) is 37.1 Å². The molecule has 1 aliphatic carbocycles. The number of nitrogens with two attached hydrogens (primary N) is 1. The SMILES string of the molecule is COCCN(Cc1ccccc1)C(=O)CC1CCCCC1N. The summed E-state index contributed by atoms with van der Waals surface area (Å²) in [5.41, 5.74) is 7.34. The second kappa shape index (κ2) is 8.91. The Kier molecular flexibility index (Phi) is 6.87. The van der Waals surface area contributed by atoms with Crippen LogP contribution in [0.5, 0.6) is 0 Å². The third-order valence-electron chi connectivity index (χ3n) is 4.54. The smallest absolute Gasteiger partial charge is 0.223 e. The van der Waals surface area contributed by atoms with Crippen LogP contribution in [0.2, 0.25) is 0 Å². The number of hydrogen-bond acceptors (Lipinski definition) is 3. The zero-order chi connectivity index (χ0) is 15.8. The molecule has 4 nitrogen and oxygen atoms in total. The van der Waals surface area contributed by atoms with Crippen LogP contribution < -0.4 is 5.73 Å². The van der Waals surface area contributed by atoms with Gasteiger partial charge in [-0.1, -0.05) is 43.2 Å². The summed E-state index contributed by atoms with van der Waals surface area (Å²) in [6.07, 6.45) is 5.09. The van der Waals surface area contributed by atoms with Gasteiger partial charge in [0, 0.05) is 32.7 Å². The Labute approximate surface area is 133 Å². The summed E-state index contributed by atoms with van der Waals surface area (Å²) in [6, 6.07) is 10.3. The number of benzene rings is 1. The average Bonchev–Trinajstić information content (AvgIpc) is 2.54. The second-order valence-corrected chi connectivity index (χ2v) is 6.21. The molecule has 0 aliphatic heterocycles. The van der Waals surface area contributed by atoms with E-state index in [1.807, 2.05) is 23.1 Å². The lowest BCUT2D eigenvalue weighted by Gasteiger charge is -2.30. The van der Waals surface area contributed by atoms with Gasteiger partial charge in [-0.05, 0) is 24.3 Å². The molecule has 2 atom stereocenters. The molecule has 2 unspecified atom stereocenters. The fraction of sp³-hybridized carbons (Fsp3) is 0.611. The van der Waals surface area contributed by atoms with E-state index in [1.54, 1.807) is 7.11 Å². The van der Waals surface area contributed by atoms with Gasteiger partial charge in [0.2, 0.25) is 5.91 Å². The first-order valence-corrected chi connectivity index (χ1v) is 8.27. The molecule has 0 spiro atoms. The minimum atomic E-state index is 0.179. The Hall–Kier alpha value is -1.39. The predicted molar refractivity (Wildman–Crippen MR) is 88.3 cm³/mol. The molecule has 1 fully saturated rings. The molecule has 0 bridgehead atoms. The molecule has 0 heterocycles. The van der Waals surface area contributed by atoms with Crippen LogP contribution in [0.3, 0.4) is 0 Å². The van der Waals surface area contributed by atoms with Crippen molar-refractivity contribution in [3.8, 4) is 0 Å². The molecule has 1 aromatic carbocycles. The molecule has 0 saturated heterocycles. The number of amides is 1. The van der Waals surface area contributed by atoms with Gasteiger partial charge in [0.1, 0.15) is 0 Å². The van der Waals surface area contributed by atoms with Crippen molar-refractivity contribution in [3.05, 3.63) is 35.9 Å². The standard InChI is InChI=1S/C18H28N2O2/c1-22-12-11-20(14-15-7-3-2-4-8-15)18(21)13-16-9-5-6-10-17(16)19/h2-4,7-8,16-17H,5-6,9-14,19H2,1H3. The maximum atomic E-state index is 12.7. The minimum absolute atomic E-state index is 0.179. The van der Waals surface area contributed by atoms with Crippen molar-refractivity contribution in [3.63, 3.8) is 0 Å². The molecule has 1 aliphatic rings. The topological polar surface area (TPSA) is 55.6 Å². The zero-order valence-corrected chi connectivity index (χ0v) is 13.5. The fourth-order valence-corrected chi connectivity index (χ4v) is 3.14. The summed E-state index contributed by atoms with van der Waals surface area (Å²) in [5.74, 6) is 0.533. The lowest BCUT2D eigenvalue weighted by atomic mass is 9.82. The number of hydrogen-bond donors (Lipinski definition) is 1. The van der Waals surface area contributed by atoms with Gasteiger partial charge in [0.25, 0.3) is 0 Å². The van der Waals surface area contributed by atoms with Crippen molar-refractivity contribution >= 4 is 5.91 Å². The van der Waals surface area contributed by atoms with Crippen molar-refractivity contribution in [2.45, 2.75) is 44.7 Å². The highest BCUT2D eigenvalue weighted by Gasteiger charge is 2.26. The summed E-state index contributed by atoms with van der Waals surface area (Å²) in [4.78, 5) is 14.6. The van der Waals surface area contributed by atoms with E-state index in [9.17, 15) is 4.79 Å². The monoisotopic (exact) mass is 304 g/mol. The van der Waals surface area contributed by atoms with Crippen LogP contribution in [0.25, 0.3) is 0 Å². The quantitative estimate of drug-likeness (QED) is 0.842. The number of carbonyl (C=O) groups excluding carboxylic acids is 1. The first kappa shape index (κ1) is 17.0. The van der Waals surface area contributed by atoms with Gasteiger partial charge in [-0.15, -0.1) is 0 Å². The molecule has 4 heteroatoms. The summed E-state index contributed by atoms with van der Waals surface area (Å²) in [5, 5.41) is 0. The van der Waals surface area contributed by atoms with Gasteiger partial charge in [0.15, 0.2) is 0 Å². The molecule has 2 N–H and O–H groups in total. The Morgan fingerprint density at radius 2 is 2.00 bits per heavy atom. The van der Waals surface area contributed by atoms with Gasteiger partial charge < -0.3 is 15.4 Å². The molecule has 0 radical (unpaired) electrons. The van der Waals surface area contributed by atoms with E-state index in [0.29, 0.717) is 32.0 Å². The molecule has 1 amide bonds. The Morgan fingerprint density at radius 1 is 1.27 bits per heavy atom. The zero-order valence-electron chi connectivity index (χ0n) is 13.5. The van der Waals surface area contributed by atoms with Crippen molar-refractivity contribution in [2.75, 3.05) is 20.3 Å². The third-order valence-corrected chi connectivity index (χ3v) is 4.54. The molecule has 1 aromatic rings. The summed E-state index contributed by atoms with van der Waals surface area (Å²) in [6.45, 7) is 1.84. The van der Waals surface area contributed by atoms with E-state index in [4.69, 9.17) is 10.5 Å². The highest BCUT2D eigenvalue weighted by molar-refractivity contribution is 5.76. The minimum Gasteiger partial charge on any atom is -0.383 e. The van der Waals surface area contributed by atoms with Gasteiger partial charge in [0.05, 0.1) is 6.61 Å². The predicted octanol–water partition coefficient (Wildman–Crippen LogP) is 2.57. The Morgan fingerprint density at radius 3 is 2.68 bits per heavy atom. The van der Waals surface area contributed by atoms with Crippen molar-refractivity contribution in [1.82, 2.24) is 4.90 Å². The summed E-state index contributed by atoms with van der Waals surface area (Å²) in [7, 11) is 1.67. The van der Waals surface area contributed by atoms with Crippen molar-refractivity contribution in [2.24, 2.45) is 11.7 Å². The first-order chi connectivity index (χ1) is 10.7. The van der Waals surface area contributed by atoms with Gasteiger partial charge in [-0.25, -0.2) is 0 Å². The van der Waals surface area contributed by atoms with E-state index in [1.165, 1.54) is 12.8 Å². The molecule has 0 aromatic heterocycles. The normalized spacial score (nSPS) is 21.5. The highest BCUT2D eigenvalue weighted by Crippen LogP contribution is 2.26. The number of rotatable bonds is 7. The maximum absolute atomic E-state index is 12.7. The van der Waals surface area contributed by atoms with E-state index in [2.05, 4.69) is 12.1 Å². The van der Waals surface area contributed by atoms with Crippen molar-refractivity contribution in [1.29, 1.82) is 0 Å². The highest BCUT2D eigenvalue weighted by atomic mass is 16.5.